The zero-order valence-corrected chi connectivity index (χ0v) is 16.7. The van der Waals surface area contributed by atoms with E-state index in [-0.39, 0.29) is 11.3 Å². The Bertz CT molecular complexity index is 892. The number of hydrogen-bond acceptors (Lipinski definition) is 4. The Morgan fingerprint density at radius 1 is 1.07 bits per heavy atom. The van der Waals surface area contributed by atoms with E-state index in [0.717, 1.165) is 18.5 Å². The Morgan fingerprint density at radius 2 is 1.71 bits per heavy atom. The summed E-state index contributed by atoms with van der Waals surface area (Å²) in [6, 6.07) is 15.3. The molecule has 6 heteroatoms. The summed E-state index contributed by atoms with van der Waals surface area (Å²) < 4.78 is 0. The van der Waals surface area contributed by atoms with Crippen molar-refractivity contribution in [2.75, 3.05) is 27.2 Å². The molecule has 0 spiro atoms. The molecule has 1 aliphatic heterocycles. The summed E-state index contributed by atoms with van der Waals surface area (Å²) in [6.45, 7) is 1.22. The van der Waals surface area contributed by atoms with Gasteiger partial charge in [-0.2, -0.15) is 0 Å². The standard InChI is InChI=1S/C22H23ClN2O3/c1-24(2)13-6-14-25-19(15-7-4-3-5-8-15)18(21(27)22(25)28)20(26)16-9-11-17(23)12-10-16/h3-5,7-12,19,26H,6,13-14H2,1-2H3/b20-18-. The molecule has 146 valence electrons. The molecule has 0 radical (unpaired) electrons. The SMILES string of the molecule is CN(C)CCCN1C(=O)C(=O)/C(=C(\O)c2ccc(Cl)cc2)C1c1ccccc1. The van der Waals surface area contributed by atoms with Crippen molar-refractivity contribution in [3.05, 3.63) is 76.3 Å². The van der Waals surface area contributed by atoms with Crippen molar-refractivity contribution in [3.63, 3.8) is 0 Å². The van der Waals surface area contributed by atoms with Crippen LogP contribution >= 0.6 is 11.6 Å². The van der Waals surface area contributed by atoms with Crippen LogP contribution in [0.4, 0.5) is 0 Å². The predicted molar refractivity (Wildman–Crippen MR) is 110 cm³/mol. The maximum absolute atomic E-state index is 12.8. The summed E-state index contributed by atoms with van der Waals surface area (Å²) in [7, 11) is 3.92. The van der Waals surface area contributed by atoms with Crippen LogP contribution in [0.5, 0.6) is 0 Å². The van der Waals surface area contributed by atoms with Gasteiger partial charge < -0.3 is 14.9 Å². The number of halogens is 1. The molecule has 1 fully saturated rings. The van der Waals surface area contributed by atoms with Gasteiger partial charge in [0.25, 0.3) is 11.7 Å². The van der Waals surface area contributed by atoms with Gasteiger partial charge in [-0.25, -0.2) is 0 Å². The maximum atomic E-state index is 12.8. The molecule has 0 saturated carbocycles. The Morgan fingerprint density at radius 3 is 2.32 bits per heavy atom. The summed E-state index contributed by atoms with van der Waals surface area (Å²) in [5.41, 5.74) is 1.36. The lowest BCUT2D eigenvalue weighted by atomic mass is 9.95. The molecule has 1 heterocycles. The summed E-state index contributed by atoms with van der Waals surface area (Å²) in [6.07, 6.45) is 0.727. The van der Waals surface area contributed by atoms with Gasteiger partial charge >= 0.3 is 0 Å². The Labute approximate surface area is 169 Å². The van der Waals surface area contributed by atoms with E-state index in [1.54, 1.807) is 29.2 Å². The third-order valence-corrected chi connectivity index (χ3v) is 5.03. The number of likely N-dealkylation sites (tertiary alicyclic amines) is 1. The molecular weight excluding hydrogens is 376 g/mol. The Hall–Kier alpha value is -2.63. The highest BCUT2D eigenvalue weighted by atomic mass is 35.5. The molecule has 2 aromatic rings. The van der Waals surface area contributed by atoms with E-state index in [0.29, 0.717) is 17.1 Å². The number of aliphatic hydroxyl groups is 1. The fourth-order valence-electron chi connectivity index (χ4n) is 3.41. The monoisotopic (exact) mass is 398 g/mol. The minimum Gasteiger partial charge on any atom is -0.507 e. The molecule has 28 heavy (non-hydrogen) atoms. The minimum atomic E-state index is -0.661. The van der Waals surface area contributed by atoms with Crippen LogP contribution in [0.25, 0.3) is 5.76 Å². The van der Waals surface area contributed by atoms with Gasteiger partial charge in [-0.15, -0.1) is 0 Å². The second-order valence-corrected chi connectivity index (χ2v) is 7.50. The average Bonchev–Trinajstić information content (AvgIpc) is 2.93. The van der Waals surface area contributed by atoms with E-state index in [4.69, 9.17) is 11.6 Å². The highest BCUT2D eigenvalue weighted by Gasteiger charge is 2.45. The van der Waals surface area contributed by atoms with Crippen LogP contribution in [0.2, 0.25) is 5.02 Å². The zero-order valence-electron chi connectivity index (χ0n) is 15.9. The van der Waals surface area contributed by atoms with Crippen molar-refractivity contribution in [1.82, 2.24) is 9.80 Å². The van der Waals surface area contributed by atoms with E-state index in [1.807, 2.05) is 49.3 Å². The number of ketones is 1. The molecule has 1 amide bonds. The van der Waals surface area contributed by atoms with Crippen molar-refractivity contribution >= 4 is 29.1 Å². The number of aliphatic hydroxyl groups excluding tert-OH is 1. The van der Waals surface area contributed by atoms with Gasteiger partial charge in [-0.1, -0.05) is 41.9 Å². The van der Waals surface area contributed by atoms with Crippen LogP contribution in [0.1, 0.15) is 23.6 Å². The van der Waals surface area contributed by atoms with Crippen LogP contribution in [0.3, 0.4) is 0 Å². The summed E-state index contributed by atoms with van der Waals surface area (Å²) in [4.78, 5) is 29.2. The molecule has 0 aliphatic carbocycles. The van der Waals surface area contributed by atoms with Crippen molar-refractivity contribution in [2.45, 2.75) is 12.5 Å². The molecule has 1 aliphatic rings. The zero-order chi connectivity index (χ0) is 20.3. The number of amides is 1. The number of carbonyl (C=O) groups excluding carboxylic acids is 2. The van der Waals surface area contributed by atoms with Crippen LogP contribution < -0.4 is 0 Å². The highest BCUT2D eigenvalue weighted by Crippen LogP contribution is 2.39. The van der Waals surface area contributed by atoms with Gasteiger partial charge in [0.2, 0.25) is 0 Å². The molecular formula is C22H23ClN2O3. The first-order valence-corrected chi connectivity index (χ1v) is 9.52. The molecule has 1 N–H and O–H groups in total. The quantitative estimate of drug-likeness (QED) is 0.457. The first-order valence-electron chi connectivity index (χ1n) is 9.14. The largest absolute Gasteiger partial charge is 0.507 e. The fraction of sp³-hybridized carbons (Fsp3) is 0.273. The number of nitrogens with zero attached hydrogens (tertiary/aromatic N) is 2. The van der Waals surface area contributed by atoms with Gasteiger partial charge in [0.1, 0.15) is 5.76 Å². The van der Waals surface area contributed by atoms with Crippen LogP contribution in [0, 0.1) is 0 Å². The van der Waals surface area contributed by atoms with Crippen molar-refractivity contribution < 1.29 is 14.7 Å². The molecule has 0 aromatic heterocycles. The molecule has 0 bridgehead atoms. The molecule has 1 unspecified atom stereocenters. The van der Waals surface area contributed by atoms with Gasteiger partial charge in [0.15, 0.2) is 0 Å². The van der Waals surface area contributed by atoms with E-state index in [1.165, 1.54) is 0 Å². The average molecular weight is 399 g/mol. The fourth-order valence-corrected chi connectivity index (χ4v) is 3.54. The second kappa shape index (κ2) is 8.59. The number of benzene rings is 2. The van der Waals surface area contributed by atoms with E-state index < -0.39 is 17.7 Å². The molecule has 3 rings (SSSR count). The topological polar surface area (TPSA) is 60.9 Å². The number of Topliss-reactive ketones (excluding diaryl/α,β-unsaturated/α-hetero) is 1. The summed E-state index contributed by atoms with van der Waals surface area (Å²) in [5.74, 6) is -1.42. The second-order valence-electron chi connectivity index (χ2n) is 7.07. The Balaban J connectivity index is 2.06. The third-order valence-electron chi connectivity index (χ3n) is 4.78. The van der Waals surface area contributed by atoms with Gasteiger partial charge in [0.05, 0.1) is 11.6 Å². The van der Waals surface area contributed by atoms with Gasteiger partial charge in [0, 0.05) is 17.1 Å². The molecule has 2 aromatic carbocycles. The lowest BCUT2D eigenvalue weighted by Crippen LogP contribution is -2.32. The lowest BCUT2D eigenvalue weighted by molar-refractivity contribution is -0.139. The van der Waals surface area contributed by atoms with Gasteiger partial charge in [-0.3, -0.25) is 9.59 Å². The van der Waals surface area contributed by atoms with E-state index in [2.05, 4.69) is 0 Å². The first-order chi connectivity index (χ1) is 13.4. The van der Waals surface area contributed by atoms with Crippen LogP contribution in [-0.2, 0) is 9.59 Å². The number of carbonyl (C=O) groups is 2. The van der Waals surface area contributed by atoms with Gasteiger partial charge in [-0.05, 0) is 56.9 Å². The summed E-state index contributed by atoms with van der Waals surface area (Å²) >= 11 is 5.93. The smallest absolute Gasteiger partial charge is 0.295 e. The Kier molecular flexibility index (Phi) is 6.17. The molecule has 1 saturated heterocycles. The normalized spacial score (nSPS) is 18.9. The highest BCUT2D eigenvalue weighted by molar-refractivity contribution is 6.46. The van der Waals surface area contributed by atoms with E-state index >= 15 is 0 Å². The number of rotatable bonds is 6. The van der Waals surface area contributed by atoms with Crippen LogP contribution in [-0.4, -0.2) is 53.8 Å². The maximum Gasteiger partial charge on any atom is 0.295 e. The van der Waals surface area contributed by atoms with Crippen LogP contribution in [0.15, 0.2) is 60.2 Å². The molecule has 5 nitrogen and oxygen atoms in total. The molecule has 1 atom stereocenters. The van der Waals surface area contributed by atoms with Crippen molar-refractivity contribution in [1.29, 1.82) is 0 Å². The van der Waals surface area contributed by atoms with E-state index in [9.17, 15) is 14.7 Å². The third kappa shape index (κ3) is 4.11. The first kappa shape index (κ1) is 20.1. The predicted octanol–water partition coefficient (Wildman–Crippen LogP) is 3.71. The minimum absolute atomic E-state index is 0.114. The lowest BCUT2D eigenvalue weighted by Gasteiger charge is -2.26. The van der Waals surface area contributed by atoms with Crippen molar-refractivity contribution in [2.24, 2.45) is 0 Å². The van der Waals surface area contributed by atoms with Crippen molar-refractivity contribution in [3.8, 4) is 0 Å². The summed E-state index contributed by atoms with van der Waals surface area (Å²) in [5, 5.41) is 11.4. The number of hydrogen-bond donors (Lipinski definition) is 1.